The summed E-state index contributed by atoms with van der Waals surface area (Å²) in [5, 5.41) is 3.71. The largest absolute Gasteiger partial charge is 0.307 e. The van der Waals surface area contributed by atoms with Gasteiger partial charge in [-0.1, -0.05) is 48.9 Å². The molecule has 1 aliphatic carbocycles. The molecule has 0 aliphatic heterocycles. The smallest absolute Gasteiger partial charge is 0.0991 e. The fourth-order valence-corrected chi connectivity index (χ4v) is 4.73. The van der Waals surface area contributed by atoms with E-state index in [0.717, 1.165) is 20.2 Å². The third-order valence-corrected chi connectivity index (χ3v) is 5.79. The fourth-order valence-electron chi connectivity index (χ4n) is 3.08. The summed E-state index contributed by atoms with van der Waals surface area (Å²) >= 11 is 13.7. The predicted octanol–water partition coefficient (Wildman–Crippen LogP) is 6.06. The van der Waals surface area contributed by atoms with E-state index in [1.165, 1.54) is 49.9 Å². The minimum Gasteiger partial charge on any atom is -0.307 e. The lowest BCUT2D eigenvalue weighted by atomic mass is 9.92. The number of halogens is 2. The quantitative estimate of drug-likeness (QED) is 0.664. The number of hydrogen-bond acceptors (Lipinski definition) is 2. The zero-order valence-electron chi connectivity index (χ0n) is 11.7. The van der Waals surface area contributed by atoms with E-state index in [2.05, 4.69) is 19.2 Å². The Labute approximate surface area is 130 Å². The Balaban J connectivity index is 1.93. The van der Waals surface area contributed by atoms with Crippen LogP contribution in [0, 0.1) is 5.92 Å². The lowest BCUT2D eigenvalue weighted by molar-refractivity contribution is 0.316. The van der Waals surface area contributed by atoms with Crippen LogP contribution >= 0.6 is 34.5 Å². The van der Waals surface area contributed by atoms with E-state index in [4.69, 9.17) is 23.2 Å². The first-order valence-electron chi connectivity index (χ1n) is 7.28. The van der Waals surface area contributed by atoms with Gasteiger partial charge in [-0.05, 0) is 44.2 Å². The highest BCUT2D eigenvalue weighted by molar-refractivity contribution is 7.20. The monoisotopic (exact) mass is 319 g/mol. The number of hydrogen-bond donors (Lipinski definition) is 1. The highest BCUT2D eigenvalue weighted by Gasteiger charge is 2.22. The summed E-state index contributed by atoms with van der Waals surface area (Å²) in [5.74, 6) is 0.804. The van der Waals surface area contributed by atoms with Crippen LogP contribution in [0.3, 0.4) is 0 Å². The van der Waals surface area contributed by atoms with Crippen molar-refractivity contribution in [3.8, 4) is 0 Å². The Kier molecular flexibility index (Phi) is 6.01. The van der Waals surface area contributed by atoms with Crippen LogP contribution in [0.1, 0.15) is 64.0 Å². The maximum Gasteiger partial charge on any atom is 0.0991 e. The second-order valence-corrected chi connectivity index (χ2v) is 7.99. The van der Waals surface area contributed by atoms with E-state index in [0.29, 0.717) is 6.04 Å². The molecule has 1 fully saturated rings. The lowest BCUT2D eigenvalue weighted by Crippen LogP contribution is -2.35. The molecule has 0 saturated heterocycles. The van der Waals surface area contributed by atoms with Gasteiger partial charge >= 0.3 is 0 Å². The van der Waals surface area contributed by atoms with Gasteiger partial charge in [0.2, 0.25) is 0 Å². The van der Waals surface area contributed by atoms with E-state index in [-0.39, 0.29) is 6.04 Å². The van der Waals surface area contributed by atoms with Gasteiger partial charge in [-0.25, -0.2) is 0 Å². The zero-order chi connectivity index (χ0) is 13.8. The van der Waals surface area contributed by atoms with Gasteiger partial charge < -0.3 is 5.32 Å². The van der Waals surface area contributed by atoms with E-state index < -0.39 is 0 Å². The van der Waals surface area contributed by atoms with Crippen molar-refractivity contribution in [3.63, 3.8) is 0 Å². The number of thiophene rings is 1. The molecule has 1 nitrogen and oxygen atoms in total. The summed E-state index contributed by atoms with van der Waals surface area (Å²) in [6, 6.07) is 2.81. The van der Waals surface area contributed by atoms with Crippen molar-refractivity contribution < 1.29 is 0 Å². The van der Waals surface area contributed by atoms with E-state index >= 15 is 0 Å². The average molecular weight is 320 g/mol. The summed E-state index contributed by atoms with van der Waals surface area (Å²) in [6.07, 6.45) is 8.31. The van der Waals surface area contributed by atoms with E-state index in [1.807, 2.05) is 6.07 Å². The molecule has 1 aliphatic rings. The molecule has 0 aromatic carbocycles. The maximum absolute atomic E-state index is 6.23. The van der Waals surface area contributed by atoms with Gasteiger partial charge in [-0.15, -0.1) is 11.3 Å². The standard InChI is InChI=1S/C15H23Cl2NS/c1-10(12-7-5-3-4-6-8-12)18-11(2)13-9-14(16)19-15(13)17/h9-12,18H,3-8H2,1-2H3/t10-,11?/m1/s1. The summed E-state index contributed by atoms with van der Waals surface area (Å²) in [5.41, 5.74) is 1.14. The number of rotatable bonds is 4. The third kappa shape index (κ3) is 4.35. The van der Waals surface area contributed by atoms with Crippen molar-refractivity contribution in [1.82, 2.24) is 5.32 Å². The van der Waals surface area contributed by atoms with Gasteiger partial charge in [0, 0.05) is 12.1 Å². The highest BCUT2D eigenvalue weighted by atomic mass is 35.5. The normalized spacial score (nSPS) is 21.1. The van der Waals surface area contributed by atoms with Crippen LogP contribution in [0.4, 0.5) is 0 Å². The molecule has 2 atom stereocenters. The van der Waals surface area contributed by atoms with E-state index in [9.17, 15) is 0 Å². The second kappa shape index (κ2) is 7.31. The Morgan fingerprint density at radius 2 is 1.79 bits per heavy atom. The Morgan fingerprint density at radius 1 is 1.16 bits per heavy atom. The first-order valence-corrected chi connectivity index (χ1v) is 8.86. The van der Waals surface area contributed by atoms with Gasteiger partial charge in [-0.2, -0.15) is 0 Å². The van der Waals surface area contributed by atoms with E-state index in [1.54, 1.807) is 0 Å². The van der Waals surface area contributed by atoms with Crippen molar-refractivity contribution in [2.45, 2.75) is 64.5 Å². The molecule has 1 aromatic heterocycles. The highest BCUT2D eigenvalue weighted by Crippen LogP contribution is 2.35. The Hall–Kier alpha value is 0.240. The van der Waals surface area contributed by atoms with Crippen molar-refractivity contribution in [2.24, 2.45) is 5.92 Å². The van der Waals surface area contributed by atoms with Crippen LogP contribution in [0.5, 0.6) is 0 Å². The van der Waals surface area contributed by atoms with Crippen molar-refractivity contribution >= 4 is 34.5 Å². The molecular weight excluding hydrogens is 297 g/mol. The van der Waals surface area contributed by atoms with Crippen LogP contribution < -0.4 is 5.32 Å². The Morgan fingerprint density at radius 3 is 2.32 bits per heavy atom. The molecule has 1 N–H and O–H groups in total. The molecule has 4 heteroatoms. The molecule has 0 radical (unpaired) electrons. The average Bonchev–Trinajstić information content (AvgIpc) is 2.58. The first kappa shape index (κ1) is 15.6. The first-order chi connectivity index (χ1) is 9.08. The van der Waals surface area contributed by atoms with Gasteiger partial charge in [0.05, 0.1) is 8.67 Å². The molecule has 19 heavy (non-hydrogen) atoms. The molecule has 0 spiro atoms. The SMILES string of the molecule is CC(N[C@H](C)C1CCCCCC1)c1cc(Cl)sc1Cl. The predicted molar refractivity (Wildman–Crippen MR) is 86.5 cm³/mol. The summed E-state index contributed by atoms with van der Waals surface area (Å²) < 4.78 is 1.59. The van der Waals surface area contributed by atoms with Gasteiger partial charge in [0.15, 0.2) is 0 Å². The molecular formula is C15H23Cl2NS. The fraction of sp³-hybridized carbons (Fsp3) is 0.733. The molecule has 1 unspecified atom stereocenters. The summed E-state index contributed by atoms with van der Waals surface area (Å²) in [7, 11) is 0. The maximum atomic E-state index is 6.23. The van der Waals surface area contributed by atoms with Crippen molar-refractivity contribution in [2.75, 3.05) is 0 Å². The topological polar surface area (TPSA) is 12.0 Å². The van der Waals surface area contributed by atoms with Crippen molar-refractivity contribution in [3.05, 3.63) is 20.3 Å². The van der Waals surface area contributed by atoms with Crippen LogP contribution in [0.25, 0.3) is 0 Å². The second-order valence-electron chi connectivity index (χ2n) is 5.71. The Bertz CT molecular complexity index is 397. The van der Waals surface area contributed by atoms with Crippen molar-refractivity contribution in [1.29, 1.82) is 0 Å². The molecule has 1 heterocycles. The van der Waals surface area contributed by atoms with Crippen LogP contribution in [0.2, 0.25) is 8.67 Å². The zero-order valence-corrected chi connectivity index (χ0v) is 14.0. The number of nitrogens with one attached hydrogen (secondary N) is 1. The van der Waals surface area contributed by atoms with Crippen LogP contribution in [0.15, 0.2) is 6.07 Å². The molecule has 0 bridgehead atoms. The molecule has 1 aromatic rings. The molecule has 2 rings (SSSR count). The minimum atomic E-state index is 0.273. The van der Waals surface area contributed by atoms with Crippen LogP contribution in [-0.2, 0) is 0 Å². The summed E-state index contributed by atoms with van der Waals surface area (Å²) in [4.78, 5) is 0. The molecule has 108 valence electrons. The third-order valence-electron chi connectivity index (χ3n) is 4.27. The summed E-state index contributed by atoms with van der Waals surface area (Å²) in [6.45, 7) is 4.49. The van der Waals surface area contributed by atoms with Gasteiger partial charge in [-0.3, -0.25) is 0 Å². The lowest BCUT2D eigenvalue weighted by Gasteiger charge is -2.27. The molecule has 0 amide bonds. The van der Waals surface area contributed by atoms with Gasteiger partial charge in [0.1, 0.15) is 0 Å². The van der Waals surface area contributed by atoms with Crippen LogP contribution in [-0.4, -0.2) is 6.04 Å². The minimum absolute atomic E-state index is 0.273. The molecule has 1 saturated carbocycles. The van der Waals surface area contributed by atoms with Gasteiger partial charge in [0.25, 0.3) is 0 Å².